The standard InChI is InChI=1S/C15H22ClN3O2/c1-10(2)17-14(20)8-19(4)9-15(21)18-13-6-5-12(16)7-11(13)3/h5-7,10H,8-9H2,1-4H3,(H,17,20)(H,18,21). The normalized spacial score (nSPS) is 10.8. The van der Waals surface area contributed by atoms with Crippen LogP contribution >= 0.6 is 11.6 Å². The predicted octanol–water partition coefficient (Wildman–Crippen LogP) is 2.04. The van der Waals surface area contributed by atoms with Crippen molar-refractivity contribution in [1.29, 1.82) is 0 Å². The van der Waals surface area contributed by atoms with Gasteiger partial charge in [0.05, 0.1) is 13.1 Å². The zero-order chi connectivity index (χ0) is 16.0. The highest BCUT2D eigenvalue weighted by Crippen LogP contribution is 2.19. The first-order valence-corrected chi connectivity index (χ1v) is 7.19. The monoisotopic (exact) mass is 311 g/mol. The number of carbonyl (C=O) groups excluding carboxylic acids is 2. The maximum absolute atomic E-state index is 11.9. The van der Waals surface area contributed by atoms with E-state index in [0.29, 0.717) is 5.02 Å². The Morgan fingerprint density at radius 3 is 2.43 bits per heavy atom. The van der Waals surface area contributed by atoms with E-state index < -0.39 is 0 Å². The summed E-state index contributed by atoms with van der Waals surface area (Å²) in [6, 6.07) is 5.37. The lowest BCUT2D eigenvalue weighted by Gasteiger charge is -2.17. The molecular formula is C15H22ClN3O2. The van der Waals surface area contributed by atoms with Crippen LogP contribution in [0, 0.1) is 6.92 Å². The summed E-state index contributed by atoms with van der Waals surface area (Å²) in [5.41, 5.74) is 1.63. The Hall–Kier alpha value is -1.59. The van der Waals surface area contributed by atoms with E-state index in [4.69, 9.17) is 11.6 Å². The predicted molar refractivity (Wildman–Crippen MR) is 85.6 cm³/mol. The van der Waals surface area contributed by atoms with Gasteiger partial charge in [-0.1, -0.05) is 11.6 Å². The lowest BCUT2D eigenvalue weighted by atomic mass is 10.2. The van der Waals surface area contributed by atoms with Gasteiger partial charge in [-0.15, -0.1) is 0 Å². The average Bonchev–Trinajstić information content (AvgIpc) is 2.31. The Labute approximate surface area is 130 Å². The molecule has 0 aliphatic rings. The maximum Gasteiger partial charge on any atom is 0.238 e. The summed E-state index contributed by atoms with van der Waals surface area (Å²) in [5, 5.41) is 6.23. The first-order chi connectivity index (χ1) is 9.77. The Bertz CT molecular complexity index is 518. The van der Waals surface area contributed by atoms with E-state index in [9.17, 15) is 9.59 Å². The summed E-state index contributed by atoms with van der Waals surface area (Å²) >= 11 is 5.87. The molecule has 6 heteroatoms. The number of benzene rings is 1. The fourth-order valence-corrected chi connectivity index (χ4v) is 2.10. The third-order valence-electron chi connectivity index (χ3n) is 2.74. The van der Waals surface area contributed by atoms with Crippen molar-refractivity contribution in [3.8, 4) is 0 Å². The molecule has 2 N–H and O–H groups in total. The van der Waals surface area contributed by atoms with Crippen molar-refractivity contribution in [2.45, 2.75) is 26.8 Å². The number of anilines is 1. The molecule has 0 aromatic heterocycles. The minimum Gasteiger partial charge on any atom is -0.353 e. The quantitative estimate of drug-likeness (QED) is 0.845. The Kier molecular flexibility index (Phi) is 6.65. The number of nitrogens with one attached hydrogen (secondary N) is 2. The molecule has 0 aliphatic heterocycles. The lowest BCUT2D eigenvalue weighted by molar-refractivity contribution is -0.123. The van der Waals surface area contributed by atoms with Crippen molar-refractivity contribution < 1.29 is 9.59 Å². The van der Waals surface area contributed by atoms with Crippen molar-refractivity contribution in [3.05, 3.63) is 28.8 Å². The third-order valence-corrected chi connectivity index (χ3v) is 2.97. The van der Waals surface area contributed by atoms with E-state index in [1.807, 2.05) is 20.8 Å². The van der Waals surface area contributed by atoms with E-state index in [0.717, 1.165) is 11.3 Å². The molecule has 0 unspecified atom stereocenters. The molecule has 0 radical (unpaired) electrons. The Balaban J connectivity index is 2.47. The molecule has 0 bridgehead atoms. The second-order valence-corrected chi connectivity index (χ2v) is 5.84. The number of carbonyl (C=O) groups is 2. The van der Waals surface area contributed by atoms with Crippen LogP contribution in [0.3, 0.4) is 0 Å². The van der Waals surface area contributed by atoms with E-state index >= 15 is 0 Å². The van der Waals surface area contributed by atoms with Gasteiger partial charge in [-0.3, -0.25) is 14.5 Å². The highest BCUT2D eigenvalue weighted by Gasteiger charge is 2.12. The molecule has 116 valence electrons. The highest BCUT2D eigenvalue weighted by atomic mass is 35.5. The Morgan fingerprint density at radius 1 is 1.24 bits per heavy atom. The Morgan fingerprint density at radius 2 is 1.86 bits per heavy atom. The molecule has 0 spiro atoms. The molecule has 0 saturated carbocycles. The number of halogens is 1. The van der Waals surface area contributed by atoms with Crippen molar-refractivity contribution in [2.75, 3.05) is 25.5 Å². The number of hydrogen-bond donors (Lipinski definition) is 2. The van der Waals surface area contributed by atoms with Gasteiger partial charge in [-0.2, -0.15) is 0 Å². The summed E-state index contributed by atoms with van der Waals surface area (Å²) in [6.45, 7) is 6.00. The maximum atomic E-state index is 11.9. The van der Waals surface area contributed by atoms with Crippen LogP contribution in [0.15, 0.2) is 18.2 Å². The smallest absolute Gasteiger partial charge is 0.238 e. The second kappa shape index (κ2) is 8.00. The third kappa shape index (κ3) is 6.60. The van der Waals surface area contributed by atoms with Gasteiger partial charge in [0.25, 0.3) is 0 Å². The van der Waals surface area contributed by atoms with Crippen LogP contribution in [0.4, 0.5) is 5.69 Å². The topological polar surface area (TPSA) is 61.4 Å². The summed E-state index contributed by atoms with van der Waals surface area (Å²) in [5.74, 6) is -0.261. The zero-order valence-corrected chi connectivity index (χ0v) is 13.6. The second-order valence-electron chi connectivity index (χ2n) is 5.40. The summed E-state index contributed by atoms with van der Waals surface area (Å²) < 4.78 is 0. The fourth-order valence-electron chi connectivity index (χ4n) is 1.87. The van der Waals surface area contributed by atoms with E-state index in [-0.39, 0.29) is 30.9 Å². The number of aryl methyl sites for hydroxylation is 1. The van der Waals surface area contributed by atoms with E-state index in [1.165, 1.54) is 0 Å². The van der Waals surface area contributed by atoms with Crippen LogP contribution in [0.25, 0.3) is 0 Å². The number of nitrogens with zero attached hydrogens (tertiary/aromatic N) is 1. The molecule has 0 saturated heterocycles. The van der Waals surface area contributed by atoms with Gasteiger partial charge in [0.2, 0.25) is 11.8 Å². The zero-order valence-electron chi connectivity index (χ0n) is 12.9. The van der Waals surface area contributed by atoms with Crippen molar-refractivity contribution in [1.82, 2.24) is 10.2 Å². The molecule has 21 heavy (non-hydrogen) atoms. The summed E-state index contributed by atoms with van der Waals surface area (Å²) in [7, 11) is 1.73. The minimum absolute atomic E-state index is 0.0939. The van der Waals surface area contributed by atoms with Crippen molar-refractivity contribution >= 4 is 29.1 Å². The van der Waals surface area contributed by atoms with Gasteiger partial charge < -0.3 is 10.6 Å². The molecule has 0 aliphatic carbocycles. The summed E-state index contributed by atoms with van der Waals surface area (Å²) in [6.07, 6.45) is 0. The number of hydrogen-bond acceptors (Lipinski definition) is 3. The first-order valence-electron chi connectivity index (χ1n) is 6.82. The molecule has 0 heterocycles. The van der Waals surface area contributed by atoms with E-state index in [2.05, 4.69) is 10.6 Å². The summed E-state index contributed by atoms with van der Waals surface area (Å²) in [4.78, 5) is 25.2. The highest BCUT2D eigenvalue weighted by molar-refractivity contribution is 6.30. The van der Waals surface area contributed by atoms with Crippen molar-refractivity contribution in [3.63, 3.8) is 0 Å². The number of likely N-dealkylation sites (N-methyl/N-ethyl adjacent to an activating group) is 1. The van der Waals surface area contributed by atoms with Crippen LogP contribution in [0.1, 0.15) is 19.4 Å². The minimum atomic E-state index is -0.166. The molecule has 1 aromatic carbocycles. The van der Waals surface area contributed by atoms with Crippen LogP contribution in [0.2, 0.25) is 5.02 Å². The first kappa shape index (κ1) is 17.5. The van der Waals surface area contributed by atoms with Crippen molar-refractivity contribution in [2.24, 2.45) is 0 Å². The van der Waals surface area contributed by atoms with Crippen LogP contribution in [0.5, 0.6) is 0 Å². The van der Waals surface area contributed by atoms with Gasteiger partial charge in [0.15, 0.2) is 0 Å². The van der Waals surface area contributed by atoms with Crippen LogP contribution in [-0.4, -0.2) is 42.9 Å². The molecule has 0 atom stereocenters. The fraction of sp³-hybridized carbons (Fsp3) is 0.467. The lowest BCUT2D eigenvalue weighted by Crippen LogP contribution is -2.41. The molecule has 1 aromatic rings. The number of amides is 2. The number of rotatable bonds is 6. The molecule has 2 amide bonds. The molecule has 5 nitrogen and oxygen atoms in total. The van der Waals surface area contributed by atoms with Gasteiger partial charge >= 0.3 is 0 Å². The van der Waals surface area contributed by atoms with Gasteiger partial charge in [-0.25, -0.2) is 0 Å². The largest absolute Gasteiger partial charge is 0.353 e. The van der Waals surface area contributed by atoms with Crippen LogP contribution < -0.4 is 10.6 Å². The molecule has 0 fully saturated rings. The van der Waals surface area contributed by atoms with Crippen LogP contribution in [-0.2, 0) is 9.59 Å². The molecule has 1 rings (SSSR count). The SMILES string of the molecule is Cc1cc(Cl)ccc1NC(=O)CN(C)CC(=O)NC(C)C. The van der Waals surface area contributed by atoms with Gasteiger partial charge in [0.1, 0.15) is 0 Å². The van der Waals surface area contributed by atoms with Gasteiger partial charge in [0, 0.05) is 16.8 Å². The van der Waals surface area contributed by atoms with Gasteiger partial charge in [-0.05, 0) is 51.6 Å². The van der Waals surface area contributed by atoms with E-state index in [1.54, 1.807) is 30.1 Å². The molecular weight excluding hydrogens is 290 g/mol. The average molecular weight is 312 g/mol.